The van der Waals surface area contributed by atoms with E-state index < -0.39 is 0 Å². The molecule has 14 heavy (non-hydrogen) atoms. The number of rotatable bonds is 2. The lowest BCUT2D eigenvalue weighted by atomic mass is 10.2. The monoisotopic (exact) mass is 181 g/mol. The van der Waals surface area contributed by atoms with Crippen LogP contribution < -0.4 is 0 Å². The first-order valence-electron chi connectivity index (χ1n) is 4.36. The Kier molecular flexibility index (Phi) is 2.67. The van der Waals surface area contributed by atoms with Gasteiger partial charge in [-0.05, 0) is 17.7 Å². The van der Waals surface area contributed by atoms with Gasteiger partial charge in [0.25, 0.3) is 0 Å². The van der Waals surface area contributed by atoms with Gasteiger partial charge in [0.1, 0.15) is 0 Å². The van der Waals surface area contributed by atoms with Gasteiger partial charge in [0, 0.05) is 24.2 Å². The molecule has 0 aromatic carbocycles. The molecule has 0 bridgehead atoms. The molecule has 0 aliphatic rings. The molecule has 2 nitrogen and oxygen atoms in total. The van der Waals surface area contributed by atoms with Crippen molar-refractivity contribution in [2.45, 2.75) is 0 Å². The predicted octanol–water partition coefficient (Wildman–Crippen LogP) is 2.45. The molecule has 2 heterocycles. The quantitative estimate of drug-likeness (QED) is 0.711. The van der Waals surface area contributed by atoms with Crippen molar-refractivity contribution >= 4 is 12.2 Å². The predicted molar refractivity (Wildman–Crippen MR) is 56.2 cm³/mol. The lowest BCUT2D eigenvalue weighted by Crippen LogP contribution is -1.76. The summed E-state index contributed by atoms with van der Waals surface area (Å²) in [7, 11) is 0. The molecule has 0 aliphatic carbocycles. The Morgan fingerprint density at radius 3 is 2.71 bits per heavy atom. The molecule has 0 saturated carbocycles. The normalized spacial score (nSPS) is 10.6. The number of nitrogens with zero attached hydrogens (tertiary/aromatic N) is 2. The molecule has 0 aliphatic heterocycles. The van der Waals surface area contributed by atoms with Gasteiger partial charge in [0.15, 0.2) is 0 Å². The van der Waals surface area contributed by atoms with Crippen LogP contribution in [0, 0.1) is 6.20 Å². The minimum Gasteiger partial charge on any atom is -0.264 e. The zero-order valence-corrected chi connectivity index (χ0v) is 7.59. The SMILES string of the molecule is [c]1ncccc1C=Cc1cccnc1. The lowest BCUT2D eigenvalue weighted by molar-refractivity contribution is 1.30. The molecule has 2 heteroatoms. The van der Waals surface area contributed by atoms with E-state index in [1.807, 2.05) is 42.6 Å². The van der Waals surface area contributed by atoms with E-state index in [1.165, 1.54) is 0 Å². The molecule has 67 valence electrons. The van der Waals surface area contributed by atoms with Crippen LogP contribution in [0.5, 0.6) is 0 Å². The van der Waals surface area contributed by atoms with Gasteiger partial charge < -0.3 is 0 Å². The summed E-state index contributed by atoms with van der Waals surface area (Å²) in [5, 5.41) is 0. The van der Waals surface area contributed by atoms with Crippen LogP contribution in [0.25, 0.3) is 12.2 Å². The highest BCUT2D eigenvalue weighted by Crippen LogP contribution is 2.04. The maximum atomic E-state index is 4.02. The smallest absolute Gasteiger partial charge is 0.0964 e. The molecule has 0 spiro atoms. The van der Waals surface area contributed by atoms with E-state index in [0.29, 0.717) is 0 Å². The van der Waals surface area contributed by atoms with Gasteiger partial charge in [0.05, 0.1) is 6.20 Å². The molecule has 0 amide bonds. The second kappa shape index (κ2) is 4.33. The Morgan fingerprint density at radius 2 is 2.00 bits per heavy atom. The van der Waals surface area contributed by atoms with E-state index >= 15 is 0 Å². The molecule has 0 saturated heterocycles. The van der Waals surface area contributed by atoms with Gasteiger partial charge in [0.2, 0.25) is 0 Å². The van der Waals surface area contributed by atoms with Crippen molar-refractivity contribution in [3.63, 3.8) is 0 Å². The minimum absolute atomic E-state index is 0.969. The zero-order chi connectivity index (χ0) is 9.64. The third-order valence-electron chi connectivity index (χ3n) is 1.77. The van der Waals surface area contributed by atoms with Crippen LogP contribution in [0.15, 0.2) is 42.9 Å². The molecule has 0 fully saturated rings. The number of hydrogen-bond donors (Lipinski definition) is 0. The largest absolute Gasteiger partial charge is 0.264 e. The molecule has 2 rings (SSSR count). The van der Waals surface area contributed by atoms with Gasteiger partial charge in [-0.15, -0.1) is 0 Å². The van der Waals surface area contributed by atoms with Crippen molar-refractivity contribution < 1.29 is 0 Å². The Balaban J connectivity index is 2.16. The maximum Gasteiger partial charge on any atom is 0.0964 e. The number of pyridine rings is 2. The fourth-order valence-electron chi connectivity index (χ4n) is 1.09. The fraction of sp³-hybridized carbons (Fsp3) is 0. The molecular weight excluding hydrogens is 172 g/mol. The molecule has 2 aromatic rings. The number of hydrogen-bond acceptors (Lipinski definition) is 2. The van der Waals surface area contributed by atoms with E-state index in [0.717, 1.165) is 11.1 Å². The third-order valence-corrected chi connectivity index (χ3v) is 1.77. The van der Waals surface area contributed by atoms with Crippen molar-refractivity contribution in [3.05, 3.63) is 60.2 Å². The van der Waals surface area contributed by atoms with Crippen LogP contribution in [-0.4, -0.2) is 9.97 Å². The van der Waals surface area contributed by atoms with Gasteiger partial charge in [-0.25, -0.2) is 0 Å². The first kappa shape index (κ1) is 8.63. The standard InChI is InChI=1S/C12H9N2/c1-3-11(9-13-7-1)5-6-12-4-2-8-14-10-12/h1-9H. The van der Waals surface area contributed by atoms with Crippen molar-refractivity contribution in [1.82, 2.24) is 9.97 Å². The zero-order valence-electron chi connectivity index (χ0n) is 7.59. The summed E-state index contributed by atoms with van der Waals surface area (Å²) < 4.78 is 0. The van der Waals surface area contributed by atoms with E-state index in [1.54, 1.807) is 12.4 Å². The molecule has 1 radical (unpaired) electrons. The summed E-state index contributed by atoms with van der Waals surface area (Å²) in [5.74, 6) is 0. The van der Waals surface area contributed by atoms with Crippen LogP contribution in [-0.2, 0) is 0 Å². The number of aromatic nitrogens is 2. The van der Waals surface area contributed by atoms with Crippen LogP contribution in [0.3, 0.4) is 0 Å². The minimum atomic E-state index is 0.969. The van der Waals surface area contributed by atoms with E-state index in [2.05, 4.69) is 16.2 Å². The fourth-order valence-corrected chi connectivity index (χ4v) is 1.09. The Bertz CT molecular complexity index is 365. The summed E-state index contributed by atoms with van der Waals surface area (Å²) in [6.07, 6.45) is 12.1. The van der Waals surface area contributed by atoms with Crippen LogP contribution >= 0.6 is 0 Å². The van der Waals surface area contributed by atoms with Crippen molar-refractivity contribution in [2.24, 2.45) is 0 Å². The average Bonchev–Trinajstić information content (AvgIpc) is 2.29. The van der Waals surface area contributed by atoms with Gasteiger partial charge in [-0.2, -0.15) is 0 Å². The highest BCUT2D eigenvalue weighted by Gasteiger charge is 1.86. The topological polar surface area (TPSA) is 25.8 Å². The first-order valence-corrected chi connectivity index (χ1v) is 4.36. The Morgan fingerprint density at radius 1 is 1.07 bits per heavy atom. The maximum absolute atomic E-state index is 4.02. The Hall–Kier alpha value is -1.96. The van der Waals surface area contributed by atoms with E-state index in [9.17, 15) is 0 Å². The summed E-state index contributed by atoms with van der Waals surface area (Å²) in [5.41, 5.74) is 2.04. The third kappa shape index (κ3) is 2.26. The molecular formula is C12H9N2. The highest BCUT2D eigenvalue weighted by atomic mass is 14.6. The second-order valence-corrected chi connectivity index (χ2v) is 2.82. The highest BCUT2D eigenvalue weighted by molar-refractivity contribution is 5.68. The average molecular weight is 181 g/mol. The first-order chi connectivity index (χ1) is 6.95. The van der Waals surface area contributed by atoms with E-state index in [4.69, 9.17) is 0 Å². The summed E-state index contributed by atoms with van der Waals surface area (Å²) in [4.78, 5) is 7.92. The summed E-state index contributed by atoms with van der Waals surface area (Å²) in [6.45, 7) is 0. The summed E-state index contributed by atoms with van der Waals surface area (Å²) in [6, 6.07) is 7.76. The van der Waals surface area contributed by atoms with Crippen LogP contribution in [0.1, 0.15) is 11.1 Å². The second-order valence-electron chi connectivity index (χ2n) is 2.82. The van der Waals surface area contributed by atoms with Crippen LogP contribution in [0.4, 0.5) is 0 Å². The van der Waals surface area contributed by atoms with Gasteiger partial charge in [-0.3, -0.25) is 9.97 Å². The van der Waals surface area contributed by atoms with Crippen molar-refractivity contribution in [2.75, 3.05) is 0 Å². The van der Waals surface area contributed by atoms with Gasteiger partial charge in [-0.1, -0.05) is 24.3 Å². The van der Waals surface area contributed by atoms with Crippen LogP contribution in [0.2, 0.25) is 0 Å². The molecule has 0 N–H and O–H groups in total. The van der Waals surface area contributed by atoms with Gasteiger partial charge >= 0.3 is 0 Å². The molecule has 0 unspecified atom stereocenters. The molecule has 0 atom stereocenters. The lowest BCUT2D eigenvalue weighted by Gasteiger charge is -1.91. The van der Waals surface area contributed by atoms with E-state index in [-0.39, 0.29) is 0 Å². The molecule has 2 aromatic heterocycles. The summed E-state index contributed by atoms with van der Waals surface area (Å²) >= 11 is 0. The van der Waals surface area contributed by atoms with Crippen molar-refractivity contribution in [3.8, 4) is 0 Å². The Labute approximate surface area is 83.0 Å². The van der Waals surface area contributed by atoms with Crippen molar-refractivity contribution in [1.29, 1.82) is 0 Å².